The van der Waals surface area contributed by atoms with Crippen molar-refractivity contribution >= 4 is 38.2 Å². The van der Waals surface area contributed by atoms with Gasteiger partial charge in [0.1, 0.15) is 12.3 Å². The maximum absolute atomic E-state index is 13.2. The number of nitro benzene ring substituents is 1. The van der Waals surface area contributed by atoms with Crippen LogP contribution in [0.2, 0.25) is 0 Å². The van der Waals surface area contributed by atoms with Gasteiger partial charge in [-0.25, -0.2) is 8.42 Å². The van der Waals surface area contributed by atoms with E-state index in [1.54, 1.807) is 22.9 Å². The molecule has 1 aliphatic rings. The number of nitro groups is 1. The molecule has 1 amide bonds. The highest BCUT2D eigenvalue weighted by atomic mass is 32.2. The molecule has 11 heteroatoms. The van der Waals surface area contributed by atoms with Crippen molar-refractivity contribution in [1.82, 2.24) is 8.87 Å². The topological polar surface area (TPSA) is 124 Å². The third kappa shape index (κ3) is 4.90. The van der Waals surface area contributed by atoms with Crippen LogP contribution in [-0.4, -0.2) is 48.3 Å². The van der Waals surface area contributed by atoms with Crippen molar-refractivity contribution in [3.8, 4) is 5.75 Å². The number of ether oxygens (including phenoxy) is 1. The second-order valence-corrected chi connectivity index (χ2v) is 10.1. The molecule has 1 aliphatic heterocycles. The number of carbonyl (C=O) groups is 1. The summed E-state index contributed by atoms with van der Waals surface area (Å²) < 4.78 is 34.8. The Hall–Kier alpha value is -3.44. The summed E-state index contributed by atoms with van der Waals surface area (Å²) in [6.07, 6.45) is 5.35. The molecule has 10 nitrogen and oxygen atoms in total. The summed E-state index contributed by atoms with van der Waals surface area (Å²) in [4.78, 5) is 23.4. The van der Waals surface area contributed by atoms with Gasteiger partial charge in [-0.2, -0.15) is 4.31 Å². The second-order valence-electron chi connectivity index (χ2n) is 8.17. The van der Waals surface area contributed by atoms with Crippen molar-refractivity contribution in [2.24, 2.45) is 0 Å². The van der Waals surface area contributed by atoms with Gasteiger partial charge in [0.25, 0.3) is 5.69 Å². The zero-order valence-electron chi connectivity index (χ0n) is 18.8. The maximum atomic E-state index is 13.2. The van der Waals surface area contributed by atoms with E-state index < -0.39 is 20.9 Å². The average Bonchev–Trinajstić information content (AvgIpc) is 3.01. The van der Waals surface area contributed by atoms with E-state index >= 15 is 0 Å². The predicted molar refractivity (Wildman–Crippen MR) is 127 cm³/mol. The van der Waals surface area contributed by atoms with Crippen LogP contribution in [0.25, 0.3) is 10.9 Å². The number of anilines is 1. The lowest BCUT2D eigenvalue weighted by atomic mass is 10.2. The Labute approximate surface area is 197 Å². The Balaban J connectivity index is 1.55. The summed E-state index contributed by atoms with van der Waals surface area (Å²) in [6, 6.07) is 10.6. The van der Waals surface area contributed by atoms with E-state index in [9.17, 15) is 23.3 Å². The fourth-order valence-corrected chi connectivity index (χ4v) is 5.70. The Morgan fingerprint density at radius 2 is 1.82 bits per heavy atom. The molecule has 0 saturated carbocycles. The second kappa shape index (κ2) is 9.82. The summed E-state index contributed by atoms with van der Waals surface area (Å²) in [5, 5.41) is 14.4. The van der Waals surface area contributed by atoms with E-state index in [1.807, 2.05) is 0 Å². The van der Waals surface area contributed by atoms with Gasteiger partial charge in [-0.15, -0.1) is 0 Å². The highest BCUT2D eigenvalue weighted by Crippen LogP contribution is 2.30. The molecule has 0 radical (unpaired) electrons. The van der Waals surface area contributed by atoms with E-state index in [4.69, 9.17) is 4.74 Å². The number of hydrogen-bond donors (Lipinski definition) is 1. The highest BCUT2D eigenvalue weighted by Gasteiger charge is 2.26. The molecule has 0 bridgehead atoms. The number of non-ortho nitro benzene ring substituents is 1. The highest BCUT2D eigenvalue weighted by molar-refractivity contribution is 7.89. The number of aromatic nitrogens is 1. The monoisotopic (exact) mass is 486 g/mol. The number of fused-ring (bicyclic) bond motifs is 1. The summed E-state index contributed by atoms with van der Waals surface area (Å²) in [6.45, 7) is 0.900. The average molecular weight is 487 g/mol. The lowest BCUT2D eigenvalue weighted by Gasteiger charge is -2.21. The Bertz CT molecular complexity index is 1330. The predicted octanol–water partition coefficient (Wildman–Crippen LogP) is 3.76. The van der Waals surface area contributed by atoms with E-state index in [2.05, 4.69) is 5.32 Å². The lowest BCUT2D eigenvalue weighted by Crippen LogP contribution is -2.32. The van der Waals surface area contributed by atoms with Crippen molar-refractivity contribution in [2.75, 3.05) is 25.5 Å². The van der Waals surface area contributed by atoms with Crippen molar-refractivity contribution in [1.29, 1.82) is 0 Å². The first kappa shape index (κ1) is 23.7. The van der Waals surface area contributed by atoms with Crippen LogP contribution in [0, 0.1) is 10.1 Å². The third-order valence-corrected chi connectivity index (χ3v) is 7.82. The molecule has 180 valence electrons. The van der Waals surface area contributed by atoms with Gasteiger partial charge in [-0.05, 0) is 43.2 Å². The van der Waals surface area contributed by atoms with Gasteiger partial charge in [0.2, 0.25) is 15.9 Å². The van der Waals surface area contributed by atoms with Crippen LogP contribution in [0.1, 0.15) is 25.7 Å². The van der Waals surface area contributed by atoms with Crippen LogP contribution in [0.3, 0.4) is 0 Å². The van der Waals surface area contributed by atoms with Crippen LogP contribution in [0.5, 0.6) is 5.75 Å². The molecule has 0 spiro atoms. The first-order valence-electron chi connectivity index (χ1n) is 11.0. The van der Waals surface area contributed by atoms with Gasteiger partial charge in [-0.1, -0.05) is 12.8 Å². The molecule has 2 heterocycles. The minimum Gasteiger partial charge on any atom is -0.495 e. The smallest absolute Gasteiger partial charge is 0.270 e. The van der Waals surface area contributed by atoms with Crippen molar-refractivity contribution in [3.05, 3.63) is 58.8 Å². The molecule has 4 rings (SSSR count). The van der Waals surface area contributed by atoms with Crippen LogP contribution in [0.4, 0.5) is 11.4 Å². The third-order valence-electron chi connectivity index (χ3n) is 5.93. The summed E-state index contributed by atoms with van der Waals surface area (Å²) >= 11 is 0. The lowest BCUT2D eigenvalue weighted by molar-refractivity contribution is -0.384. The first-order valence-corrected chi connectivity index (χ1v) is 12.4. The molecule has 1 aromatic heterocycles. The number of amides is 1. The summed E-state index contributed by atoms with van der Waals surface area (Å²) in [7, 11) is -2.25. The standard InChI is InChI=1S/C23H26N4O6S/c1-33-22-9-7-19(34(31,32)26-11-4-2-3-5-12-26)15-20(22)24-23(28)16-25-13-10-17-14-18(27(29)30)6-8-21(17)25/h6-10,13-15H,2-5,11-12,16H2,1H3,(H,24,28). The van der Waals surface area contributed by atoms with Crippen LogP contribution in [-0.2, 0) is 21.4 Å². The Morgan fingerprint density at radius 3 is 2.50 bits per heavy atom. The number of rotatable bonds is 7. The Morgan fingerprint density at radius 1 is 1.09 bits per heavy atom. The van der Waals surface area contributed by atoms with Gasteiger partial charge >= 0.3 is 0 Å². The molecule has 2 aromatic carbocycles. The Kier molecular flexibility index (Phi) is 6.85. The van der Waals surface area contributed by atoms with Crippen molar-refractivity contribution in [2.45, 2.75) is 37.1 Å². The molecular formula is C23H26N4O6S. The minimum atomic E-state index is -3.69. The number of benzene rings is 2. The molecule has 0 atom stereocenters. The molecule has 1 fully saturated rings. The molecule has 1 saturated heterocycles. The van der Waals surface area contributed by atoms with Gasteiger partial charge in [0.05, 0.1) is 22.6 Å². The first-order chi connectivity index (χ1) is 16.3. The normalized spacial score (nSPS) is 15.1. The number of sulfonamides is 1. The van der Waals surface area contributed by atoms with Crippen LogP contribution in [0.15, 0.2) is 53.6 Å². The van der Waals surface area contributed by atoms with Crippen LogP contribution < -0.4 is 10.1 Å². The number of carbonyl (C=O) groups excluding carboxylic acids is 1. The zero-order chi connectivity index (χ0) is 24.3. The number of nitrogens with zero attached hydrogens (tertiary/aromatic N) is 3. The molecule has 3 aromatic rings. The molecule has 0 unspecified atom stereocenters. The number of hydrogen-bond acceptors (Lipinski definition) is 6. The van der Waals surface area contributed by atoms with E-state index in [-0.39, 0.29) is 22.8 Å². The molecule has 1 N–H and O–H groups in total. The van der Waals surface area contributed by atoms with Gasteiger partial charge < -0.3 is 14.6 Å². The largest absolute Gasteiger partial charge is 0.495 e. The quantitative estimate of drug-likeness (QED) is 0.401. The number of nitrogens with one attached hydrogen (secondary N) is 1. The van der Waals surface area contributed by atoms with E-state index in [0.717, 1.165) is 25.7 Å². The maximum Gasteiger partial charge on any atom is 0.270 e. The minimum absolute atomic E-state index is 0.0260. The fraction of sp³-hybridized carbons (Fsp3) is 0.348. The SMILES string of the molecule is COc1ccc(S(=O)(=O)N2CCCCCC2)cc1NC(=O)Cn1ccc2cc([N+](=O)[O-])ccc21. The van der Waals surface area contributed by atoms with Crippen LogP contribution >= 0.6 is 0 Å². The molecular weight excluding hydrogens is 460 g/mol. The van der Waals surface area contributed by atoms with Gasteiger partial charge in [0, 0.05) is 42.3 Å². The molecule has 34 heavy (non-hydrogen) atoms. The zero-order valence-corrected chi connectivity index (χ0v) is 19.6. The van der Waals surface area contributed by atoms with Gasteiger partial charge in [-0.3, -0.25) is 14.9 Å². The van der Waals surface area contributed by atoms with Gasteiger partial charge in [0.15, 0.2) is 0 Å². The van der Waals surface area contributed by atoms with Crippen molar-refractivity contribution < 1.29 is 22.9 Å². The fourth-order valence-electron chi connectivity index (χ4n) is 4.16. The summed E-state index contributed by atoms with van der Waals surface area (Å²) in [5.74, 6) is -0.0466. The number of methoxy groups -OCH3 is 1. The van der Waals surface area contributed by atoms with Crippen molar-refractivity contribution in [3.63, 3.8) is 0 Å². The van der Waals surface area contributed by atoms with E-state index in [1.165, 1.54) is 41.7 Å². The molecule has 0 aliphatic carbocycles. The van der Waals surface area contributed by atoms with E-state index in [0.29, 0.717) is 29.7 Å². The summed E-state index contributed by atoms with van der Waals surface area (Å²) in [5.41, 5.74) is 0.905.